The first kappa shape index (κ1) is 16.0. The summed E-state index contributed by atoms with van der Waals surface area (Å²) in [5.41, 5.74) is -0.246. The number of anilines is 2. The first-order chi connectivity index (χ1) is 9.86. The third-order valence-electron chi connectivity index (χ3n) is 2.22. The summed E-state index contributed by atoms with van der Waals surface area (Å²) >= 11 is 16.1. The minimum Gasteiger partial charge on any atom is -0.478 e. The number of carbonyl (C=O) groups excluding carboxylic acids is 1. The molecule has 21 heavy (non-hydrogen) atoms. The first-order valence-corrected chi connectivity index (χ1v) is 7.65. The largest absolute Gasteiger partial charge is 0.478 e. The summed E-state index contributed by atoms with van der Waals surface area (Å²) in [5.74, 6) is -1.26. The van der Waals surface area contributed by atoms with E-state index in [2.05, 4.69) is 31.5 Å². The Hall–Kier alpha value is -1.35. The van der Waals surface area contributed by atoms with Gasteiger partial charge >= 0.3 is 12.0 Å². The molecule has 1 aromatic heterocycles. The van der Waals surface area contributed by atoms with Crippen LogP contribution < -0.4 is 10.6 Å². The summed E-state index contributed by atoms with van der Waals surface area (Å²) in [5, 5.41) is 14.5. The van der Waals surface area contributed by atoms with Gasteiger partial charge in [-0.3, -0.25) is 5.32 Å². The number of aromatic carboxylic acids is 1. The van der Waals surface area contributed by atoms with Crippen molar-refractivity contribution in [1.82, 2.24) is 4.98 Å². The van der Waals surface area contributed by atoms with E-state index >= 15 is 0 Å². The molecule has 1 heterocycles. The molecule has 2 rings (SSSR count). The number of nitrogens with one attached hydrogen (secondary N) is 2. The highest BCUT2D eigenvalue weighted by atomic mass is 79.9. The van der Waals surface area contributed by atoms with Crippen molar-refractivity contribution in [2.75, 3.05) is 10.6 Å². The molecule has 0 bridgehead atoms. The van der Waals surface area contributed by atoms with Crippen LogP contribution in [0, 0.1) is 0 Å². The zero-order chi connectivity index (χ0) is 15.6. The molecule has 10 heteroatoms. The zero-order valence-corrected chi connectivity index (χ0v) is 13.9. The number of carbonyl (C=O) groups is 2. The van der Waals surface area contributed by atoms with E-state index in [0.717, 1.165) is 3.79 Å². The lowest BCUT2D eigenvalue weighted by Crippen LogP contribution is -2.21. The predicted octanol–water partition coefficient (Wildman–Crippen LogP) is 4.55. The van der Waals surface area contributed by atoms with E-state index in [4.69, 9.17) is 28.3 Å². The summed E-state index contributed by atoms with van der Waals surface area (Å²) in [6.07, 6.45) is 1.53. The minimum atomic E-state index is -1.26. The predicted molar refractivity (Wildman–Crippen MR) is 85.9 cm³/mol. The van der Waals surface area contributed by atoms with Gasteiger partial charge in [0.1, 0.15) is 0 Å². The molecule has 0 radical (unpaired) electrons. The van der Waals surface area contributed by atoms with Crippen molar-refractivity contribution < 1.29 is 14.7 Å². The number of carboxylic acid groups (broad SMARTS) is 1. The Morgan fingerprint density at radius 1 is 1.29 bits per heavy atom. The molecule has 1 aromatic carbocycles. The van der Waals surface area contributed by atoms with Crippen LogP contribution in [-0.4, -0.2) is 22.1 Å². The number of thiazole rings is 1. The number of halogens is 3. The zero-order valence-electron chi connectivity index (χ0n) is 9.99. The van der Waals surface area contributed by atoms with Gasteiger partial charge in [-0.15, -0.1) is 0 Å². The number of hydrogen-bond donors (Lipinski definition) is 3. The second-order valence-corrected chi connectivity index (χ2v) is 6.92. The van der Waals surface area contributed by atoms with Crippen molar-refractivity contribution in [3.8, 4) is 0 Å². The van der Waals surface area contributed by atoms with Gasteiger partial charge in [-0.05, 0) is 28.1 Å². The van der Waals surface area contributed by atoms with E-state index in [1.54, 1.807) is 0 Å². The number of urea groups is 1. The van der Waals surface area contributed by atoms with Gasteiger partial charge in [0.25, 0.3) is 0 Å². The second-order valence-electron chi connectivity index (χ2n) is 3.66. The van der Waals surface area contributed by atoms with Crippen LogP contribution in [0.1, 0.15) is 10.4 Å². The van der Waals surface area contributed by atoms with Gasteiger partial charge in [0.15, 0.2) is 5.13 Å². The molecule has 0 atom stereocenters. The molecule has 6 nitrogen and oxygen atoms in total. The van der Waals surface area contributed by atoms with Crippen molar-refractivity contribution in [3.63, 3.8) is 0 Å². The fourth-order valence-corrected chi connectivity index (χ4v) is 3.07. The standard InChI is InChI=1S/C11H6BrCl2N3O3S/c12-7-3-15-11(21-7)17-10(20)16-8-5(9(18)19)1-4(13)2-6(8)14/h1-3H,(H,18,19)(H2,15,16,17,20). The molecule has 0 saturated heterocycles. The molecule has 110 valence electrons. The monoisotopic (exact) mass is 409 g/mol. The smallest absolute Gasteiger partial charge is 0.337 e. The average molecular weight is 411 g/mol. The second kappa shape index (κ2) is 6.61. The van der Waals surface area contributed by atoms with Crippen LogP contribution >= 0.6 is 50.5 Å². The molecule has 2 aromatic rings. The summed E-state index contributed by atoms with van der Waals surface area (Å²) < 4.78 is 0.744. The maximum Gasteiger partial charge on any atom is 0.337 e. The van der Waals surface area contributed by atoms with Crippen molar-refractivity contribution in [3.05, 3.63) is 37.7 Å². The fraction of sp³-hybridized carbons (Fsp3) is 0. The Morgan fingerprint density at radius 2 is 2.00 bits per heavy atom. The van der Waals surface area contributed by atoms with Crippen LogP contribution in [0.4, 0.5) is 15.6 Å². The van der Waals surface area contributed by atoms with E-state index in [-0.39, 0.29) is 21.3 Å². The van der Waals surface area contributed by atoms with Gasteiger partial charge in [-0.25, -0.2) is 14.6 Å². The van der Waals surface area contributed by atoms with E-state index in [9.17, 15) is 9.59 Å². The van der Waals surface area contributed by atoms with Crippen molar-refractivity contribution >= 4 is 73.3 Å². The highest BCUT2D eigenvalue weighted by molar-refractivity contribution is 9.11. The summed E-state index contributed by atoms with van der Waals surface area (Å²) in [7, 11) is 0. The number of hydrogen-bond acceptors (Lipinski definition) is 4. The van der Waals surface area contributed by atoms with Gasteiger partial charge in [0.05, 0.1) is 26.3 Å². The fourth-order valence-electron chi connectivity index (χ4n) is 1.42. The average Bonchev–Trinajstić information content (AvgIpc) is 2.77. The maximum absolute atomic E-state index is 11.8. The molecule has 0 spiro atoms. The van der Waals surface area contributed by atoms with Gasteiger partial charge in [0.2, 0.25) is 0 Å². The van der Waals surface area contributed by atoms with Gasteiger partial charge in [-0.2, -0.15) is 0 Å². The molecule has 0 fully saturated rings. The van der Waals surface area contributed by atoms with Crippen molar-refractivity contribution in [1.29, 1.82) is 0 Å². The Labute approximate surface area is 141 Å². The van der Waals surface area contributed by atoms with Crippen LogP contribution in [-0.2, 0) is 0 Å². The minimum absolute atomic E-state index is 0.0235. The van der Waals surface area contributed by atoms with E-state index in [1.807, 2.05) is 0 Å². The molecular weight excluding hydrogens is 405 g/mol. The molecular formula is C11H6BrCl2N3O3S. The highest BCUT2D eigenvalue weighted by Gasteiger charge is 2.17. The number of benzene rings is 1. The Bertz CT molecular complexity index is 723. The van der Waals surface area contributed by atoms with Crippen molar-refractivity contribution in [2.45, 2.75) is 0 Å². The molecule has 0 aliphatic heterocycles. The number of rotatable bonds is 3. The van der Waals surface area contributed by atoms with Crippen LogP contribution in [0.15, 0.2) is 22.1 Å². The van der Waals surface area contributed by atoms with Crippen LogP contribution in [0.25, 0.3) is 0 Å². The summed E-state index contributed by atoms with van der Waals surface area (Å²) in [4.78, 5) is 26.9. The number of aromatic nitrogens is 1. The molecule has 0 aliphatic rings. The Morgan fingerprint density at radius 3 is 2.57 bits per heavy atom. The Balaban J connectivity index is 2.22. The number of nitrogens with zero attached hydrogens (tertiary/aromatic N) is 1. The third-order valence-corrected chi connectivity index (χ3v) is 4.13. The molecule has 0 saturated carbocycles. The first-order valence-electron chi connectivity index (χ1n) is 5.28. The number of carboxylic acids is 1. The van der Waals surface area contributed by atoms with Gasteiger partial charge in [0, 0.05) is 5.02 Å². The molecule has 2 amide bonds. The van der Waals surface area contributed by atoms with E-state index in [1.165, 1.54) is 29.7 Å². The van der Waals surface area contributed by atoms with E-state index < -0.39 is 12.0 Å². The summed E-state index contributed by atoms with van der Waals surface area (Å²) in [6.45, 7) is 0. The third kappa shape index (κ3) is 4.07. The normalized spacial score (nSPS) is 10.2. The molecule has 3 N–H and O–H groups in total. The Kier molecular flexibility index (Phi) is 5.04. The maximum atomic E-state index is 11.8. The molecule has 0 unspecified atom stereocenters. The number of amides is 2. The SMILES string of the molecule is O=C(Nc1ncc(Br)s1)Nc1c(Cl)cc(Cl)cc1C(=O)O. The van der Waals surface area contributed by atoms with Gasteiger partial charge < -0.3 is 10.4 Å². The van der Waals surface area contributed by atoms with Crippen LogP contribution in [0.5, 0.6) is 0 Å². The lowest BCUT2D eigenvalue weighted by molar-refractivity contribution is 0.0698. The lowest BCUT2D eigenvalue weighted by Gasteiger charge is -2.11. The van der Waals surface area contributed by atoms with Crippen LogP contribution in [0.3, 0.4) is 0 Å². The molecule has 0 aliphatic carbocycles. The lowest BCUT2D eigenvalue weighted by atomic mass is 10.2. The van der Waals surface area contributed by atoms with Crippen molar-refractivity contribution in [2.24, 2.45) is 0 Å². The quantitative estimate of drug-likeness (QED) is 0.691. The van der Waals surface area contributed by atoms with Gasteiger partial charge in [-0.1, -0.05) is 34.5 Å². The highest BCUT2D eigenvalue weighted by Crippen LogP contribution is 2.30. The topological polar surface area (TPSA) is 91.3 Å². The summed E-state index contributed by atoms with van der Waals surface area (Å²) in [6, 6.07) is 1.87. The van der Waals surface area contributed by atoms with E-state index in [0.29, 0.717) is 5.13 Å². The van der Waals surface area contributed by atoms with Crippen LogP contribution in [0.2, 0.25) is 10.0 Å².